The van der Waals surface area contributed by atoms with Gasteiger partial charge in [0.15, 0.2) is 6.10 Å². The highest BCUT2D eigenvalue weighted by Crippen LogP contribution is 2.16. The maximum atomic E-state index is 12.8. The average molecular weight is 873 g/mol. The van der Waals surface area contributed by atoms with Gasteiger partial charge in [0.1, 0.15) is 13.2 Å². The molecule has 6 nitrogen and oxygen atoms in total. The summed E-state index contributed by atoms with van der Waals surface area (Å²) in [6.07, 6.45) is 58.7. The summed E-state index contributed by atoms with van der Waals surface area (Å²) in [4.78, 5) is 38.0. The lowest BCUT2D eigenvalue weighted by atomic mass is 10.0. The van der Waals surface area contributed by atoms with Crippen LogP contribution >= 0.6 is 0 Å². The van der Waals surface area contributed by atoms with Gasteiger partial charge in [0.2, 0.25) is 0 Å². The number of carbonyl (C=O) groups is 3. The van der Waals surface area contributed by atoms with Gasteiger partial charge in [0.05, 0.1) is 0 Å². The number of unbranched alkanes of at least 4 members (excludes halogenated alkanes) is 36. The van der Waals surface area contributed by atoms with Crippen LogP contribution in [0.2, 0.25) is 0 Å². The quantitative estimate of drug-likeness (QED) is 0.0262. The van der Waals surface area contributed by atoms with Gasteiger partial charge in [0, 0.05) is 19.3 Å². The predicted molar refractivity (Wildman–Crippen MR) is 266 cm³/mol. The predicted octanol–water partition coefficient (Wildman–Crippen LogP) is 17.9. The Balaban J connectivity index is 4.37. The Bertz CT molecular complexity index is 1000. The zero-order valence-electron chi connectivity index (χ0n) is 41.7. The fourth-order valence-electron chi connectivity index (χ4n) is 8.08. The highest BCUT2D eigenvalue weighted by Gasteiger charge is 2.19. The molecule has 0 radical (unpaired) electrons. The van der Waals surface area contributed by atoms with Crippen molar-refractivity contribution in [1.82, 2.24) is 0 Å². The van der Waals surface area contributed by atoms with Crippen molar-refractivity contribution in [3.63, 3.8) is 0 Å². The maximum Gasteiger partial charge on any atom is 0.306 e. The van der Waals surface area contributed by atoms with E-state index in [1.807, 2.05) is 0 Å². The number of ether oxygens (including phenoxy) is 3. The smallest absolute Gasteiger partial charge is 0.306 e. The maximum absolute atomic E-state index is 12.8. The van der Waals surface area contributed by atoms with Crippen LogP contribution in [0.1, 0.15) is 297 Å². The van der Waals surface area contributed by atoms with Gasteiger partial charge in [-0.3, -0.25) is 14.4 Å². The molecule has 1 unspecified atom stereocenters. The first-order valence-corrected chi connectivity index (χ1v) is 27.4. The van der Waals surface area contributed by atoms with E-state index in [-0.39, 0.29) is 31.1 Å². The molecule has 0 aliphatic rings. The molecule has 0 saturated heterocycles. The van der Waals surface area contributed by atoms with Crippen LogP contribution in [0.15, 0.2) is 24.3 Å². The van der Waals surface area contributed by atoms with Gasteiger partial charge in [0.25, 0.3) is 0 Å². The molecule has 0 aromatic rings. The number of allylic oxidation sites excluding steroid dienone is 4. The second kappa shape index (κ2) is 51.5. The van der Waals surface area contributed by atoms with E-state index in [1.165, 1.54) is 186 Å². The Kier molecular flexibility index (Phi) is 49.8. The Morgan fingerprint density at radius 2 is 0.565 bits per heavy atom. The minimum Gasteiger partial charge on any atom is -0.462 e. The lowest BCUT2D eigenvalue weighted by Gasteiger charge is -2.18. The van der Waals surface area contributed by atoms with Gasteiger partial charge < -0.3 is 14.2 Å². The van der Waals surface area contributed by atoms with Crippen LogP contribution in [-0.4, -0.2) is 37.2 Å². The third-order valence-corrected chi connectivity index (χ3v) is 12.2. The van der Waals surface area contributed by atoms with Crippen molar-refractivity contribution in [2.24, 2.45) is 0 Å². The van der Waals surface area contributed by atoms with E-state index in [9.17, 15) is 14.4 Å². The van der Waals surface area contributed by atoms with Gasteiger partial charge in [-0.2, -0.15) is 0 Å². The fourth-order valence-corrected chi connectivity index (χ4v) is 8.08. The van der Waals surface area contributed by atoms with Crippen molar-refractivity contribution >= 4 is 17.9 Å². The Morgan fingerprint density at radius 3 is 0.871 bits per heavy atom. The summed E-state index contributed by atoms with van der Waals surface area (Å²) < 4.78 is 16.8. The Labute approximate surface area is 385 Å². The molecular formula is C56H104O6. The molecule has 1 atom stereocenters. The van der Waals surface area contributed by atoms with Gasteiger partial charge in [-0.15, -0.1) is 0 Å². The first-order valence-electron chi connectivity index (χ1n) is 27.4. The van der Waals surface area contributed by atoms with E-state index in [0.29, 0.717) is 19.3 Å². The van der Waals surface area contributed by atoms with E-state index >= 15 is 0 Å². The van der Waals surface area contributed by atoms with Crippen molar-refractivity contribution in [2.75, 3.05) is 13.2 Å². The number of hydrogen-bond acceptors (Lipinski definition) is 6. The molecule has 0 fully saturated rings. The largest absolute Gasteiger partial charge is 0.462 e. The highest BCUT2D eigenvalue weighted by molar-refractivity contribution is 5.71. The highest BCUT2D eigenvalue weighted by atomic mass is 16.6. The summed E-state index contributed by atoms with van der Waals surface area (Å²) in [5, 5.41) is 0. The third kappa shape index (κ3) is 48.9. The number of esters is 3. The lowest BCUT2D eigenvalue weighted by Crippen LogP contribution is -2.30. The molecule has 0 saturated carbocycles. The van der Waals surface area contributed by atoms with Crippen molar-refractivity contribution in [1.29, 1.82) is 0 Å². The molecule has 62 heavy (non-hydrogen) atoms. The molecule has 0 aromatic heterocycles. The molecule has 6 heteroatoms. The van der Waals surface area contributed by atoms with Gasteiger partial charge in [-0.1, -0.05) is 257 Å². The first-order chi connectivity index (χ1) is 30.5. The molecular weight excluding hydrogens is 769 g/mol. The van der Waals surface area contributed by atoms with Crippen LogP contribution in [0.25, 0.3) is 0 Å². The van der Waals surface area contributed by atoms with E-state index in [0.717, 1.165) is 70.6 Å². The molecule has 0 rings (SSSR count). The summed E-state index contributed by atoms with van der Waals surface area (Å²) in [7, 11) is 0. The zero-order chi connectivity index (χ0) is 45.1. The Morgan fingerprint density at radius 1 is 0.323 bits per heavy atom. The summed E-state index contributed by atoms with van der Waals surface area (Å²) >= 11 is 0. The number of rotatable bonds is 50. The summed E-state index contributed by atoms with van der Waals surface area (Å²) in [5.41, 5.74) is 0. The summed E-state index contributed by atoms with van der Waals surface area (Å²) in [6.45, 7) is 6.65. The normalized spacial score (nSPS) is 12.1. The van der Waals surface area contributed by atoms with Crippen LogP contribution in [0, 0.1) is 0 Å². The topological polar surface area (TPSA) is 78.9 Å². The molecule has 0 aromatic carbocycles. The van der Waals surface area contributed by atoms with Crippen LogP contribution < -0.4 is 0 Å². The summed E-state index contributed by atoms with van der Waals surface area (Å²) in [5.74, 6) is -0.884. The first kappa shape index (κ1) is 59.9. The molecule has 364 valence electrons. The average Bonchev–Trinajstić information content (AvgIpc) is 3.27. The second-order valence-corrected chi connectivity index (χ2v) is 18.5. The fraction of sp³-hybridized carbons (Fsp3) is 0.875. The molecule has 0 N–H and O–H groups in total. The minimum atomic E-state index is -0.776. The van der Waals surface area contributed by atoms with E-state index in [2.05, 4.69) is 45.1 Å². The van der Waals surface area contributed by atoms with Crippen molar-refractivity contribution in [2.45, 2.75) is 303 Å². The van der Waals surface area contributed by atoms with E-state index in [4.69, 9.17) is 14.2 Å². The van der Waals surface area contributed by atoms with Crippen LogP contribution in [0.5, 0.6) is 0 Å². The molecule has 0 aliphatic carbocycles. The van der Waals surface area contributed by atoms with E-state index < -0.39 is 6.10 Å². The van der Waals surface area contributed by atoms with Gasteiger partial charge >= 0.3 is 17.9 Å². The van der Waals surface area contributed by atoms with Crippen molar-refractivity contribution in [3.8, 4) is 0 Å². The SMILES string of the molecule is CCCCCCCCC/C=C\C=C/CCCCCC(=O)OCC(COC(=O)CCCCCCCCCCCCCCC)OC(=O)CCCCCCCCCCCCCCCCC. The Hall–Kier alpha value is -2.11. The molecule has 0 aliphatic heterocycles. The van der Waals surface area contributed by atoms with E-state index in [1.54, 1.807) is 0 Å². The monoisotopic (exact) mass is 873 g/mol. The zero-order valence-corrected chi connectivity index (χ0v) is 41.7. The van der Waals surface area contributed by atoms with Gasteiger partial charge in [-0.25, -0.2) is 0 Å². The molecule has 0 amide bonds. The van der Waals surface area contributed by atoms with Crippen molar-refractivity contribution < 1.29 is 28.6 Å². The van der Waals surface area contributed by atoms with Crippen LogP contribution in [-0.2, 0) is 28.6 Å². The number of hydrogen-bond donors (Lipinski definition) is 0. The summed E-state index contributed by atoms with van der Waals surface area (Å²) in [6, 6.07) is 0. The molecule has 0 bridgehead atoms. The number of carbonyl (C=O) groups excluding carboxylic acids is 3. The van der Waals surface area contributed by atoms with Crippen molar-refractivity contribution in [3.05, 3.63) is 24.3 Å². The van der Waals surface area contributed by atoms with Crippen LogP contribution in [0.3, 0.4) is 0 Å². The lowest BCUT2D eigenvalue weighted by molar-refractivity contribution is -0.167. The molecule has 0 spiro atoms. The molecule has 0 heterocycles. The second-order valence-electron chi connectivity index (χ2n) is 18.5. The van der Waals surface area contributed by atoms with Crippen LogP contribution in [0.4, 0.5) is 0 Å². The third-order valence-electron chi connectivity index (χ3n) is 12.2. The minimum absolute atomic E-state index is 0.0744. The van der Waals surface area contributed by atoms with Gasteiger partial charge in [-0.05, 0) is 44.9 Å². The standard InChI is InChI=1S/C56H104O6/c1-4-7-10-13-16-19-22-25-27-29-31-34-37-40-43-46-49-55(58)61-52-53(51-60-54(57)48-45-42-39-36-33-30-24-21-18-15-12-9-6-3)62-56(59)50-47-44-41-38-35-32-28-26-23-20-17-14-11-8-5-2/h27,29,31,34,53H,4-26,28,30,32-33,35-52H2,1-3H3/b29-27-,34-31-.